The first-order chi connectivity index (χ1) is 10.3. The summed E-state index contributed by atoms with van der Waals surface area (Å²) in [5, 5.41) is 10.1. The molecule has 1 aliphatic heterocycles. The molecule has 0 aromatic heterocycles. The Morgan fingerprint density at radius 3 is 2.27 bits per heavy atom. The van der Waals surface area contributed by atoms with Gasteiger partial charge in [0.1, 0.15) is 5.82 Å². The van der Waals surface area contributed by atoms with Crippen LogP contribution in [0.4, 0.5) is 10.1 Å². The molecule has 0 unspecified atom stereocenters. The summed E-state index contributed by atoms with van der Waals surface area (Å²) in [6, 6.07) is 6.62. The normalized spacial score (nSPS) is 18.5. The van der Waals surface area contributed by atoms with Gasteiger partial charge in [-0.3, -0.25) is 4.90 Å². The smallest absolute Gasteiger partial charge is 0.123 e. The van der Waals surface area contributed by atoms with E-state index in [1.54, 1.807) is 0 Å². The molecule has 1 aliphatic rings. The van der Waals surface area contributed by atoms with Gasteiger partial charge in [-0.05, 0) is 45.0 Å². The number of hydrogen-bond donors (Lipinski definition) is 1. The van der Waals surface area contributed by atoms with E-state index in [0.717, 1.165) is 31.9 Å². The van der Waals surface area contributed by atoms with Crippen LogP contribution in [0, 0.1) is 5.82 Å². The van der Waals surface area contributed by atoms with Gasteiger partial charge in [-0.2, -0.15) is 0 Å². The largest absolute Gasteiger partial charge is 0.389 e. The van der Waals surface area contributed by atoms with Gasteiger partial charge in [0.2, 0.25) is 0 Å². The van der Waals surface area contributed by atoms with Crippen molar-refractivity contribution in [1.29, 1.82) is 0 Å². The first kappa shape index (κ1) is 17.2. The maximum Gasteiger partial charge on any atom is 0.123 e. The van der Waals surface area contributed by atoms with Crippen molar-refractivity contribution in [2.45, 2.75) is 32.5 Å². The minimum atomic E-state index is -0.461. The lowest BCUT2D eigenvalue weighted by Crippen LogP contribution is -2.49. The van der Waals surface area contributed by atoms with Crippen LogP contribution in [0.3, 0.4) is 0 Å². The topological polar surface area (TPSA) is 35.9 Å². The first-order valence-corrected chi connectivity index (χ1v) is 7.88. The van der Waals surface area contributed by atoms with Crippen LogP contribution in [0.5, 0.6) is 0 Å². The molecule has 1 aromatic carbocycles. The third-order valence-electron chi connectivity index (χ3n) is 3.74. The fourth-order valence-corrected chi connectivity index (χ4v) is 2.54. The van der Waals surface area contributed by atoms with Crippen molar-refractivity contribution in [2.24, 2.45) is 0 Å². The molecular weight excluding hydrogens is 283 g/mol. The maximum absolute atomic E-state index is 12.9. The van der Waals surface area contributed by atoms with Crippen LogP contribution >= 0.6 is 0 Å². The molecule has 1 N–H and O–H groups in total. The molecule has 1 saturated heterocycles. The molecule has 0 spiro atoms. The Hall–Kier alpha value is -1.17. The van der Waals surface area contributed by atoms with Gasteiger partial charge in [0.05, 0.1) is 18.3 Å². The molecule has 0 radical (unpaired) electrons. The number of piperazine rings is 1. The molecule has 1 atom stereocenters. The van der Waals surface area contributed by atoms with E-state index in [9.17, 15) is 9.50 Å². The Morgan fingerprint density at radius 2 is 1.73 bits per heavy atom. The highest BCUT2D eigenvalue weighted by atomic mass is 19.1. The van der Waals surface area contributed by atoms with E-state index < -0.39 is 6.10 Å². The molecule has 22 heavy (non-hydrogen) atoms. The average molecular weight is 310 g/mol. The highest BCUT2D eigenvalue weighted by molar-refractivity contribution is 5.46. The molecule has 4 nitrogen and oxygen atoms in total. The highest BCUT2D eigenvalue weighted by Gasteiger charge is 2.21. The van der Waals surface area contributed by atoms with Gasteiger partial charge in [-0.15, -0.1) is 0 Å². The number of β-amino-alcohol motifs (C(OH)–C–C–N with tert-alkyl or cyclic N) is 1. The first-order valence-electron chi connectivity index (χ1n) is 7.88. The standard InChI is InChI=1S/C17H27FN2O2/c1-17(2,3)22-13-16(21)12-19-8-10-20(11-9-19)15-6-4-14(18)5-7-15/h4-7,16,21H,8-13H2,1-3H3/t16-/m1/s1. The van der Waals surface area contributed by atoms with Gasteiger partial charge in [0.15, 0.2) is 0 Å². The highest BCUT2D eigenvalue weighted by Crippen LogP contribution is 2.17. The van der Waals surface area contributed by atoms with E-state index in [-0.39, 0.29) is 11.4 Å². The number of aliphatic hydroxyl groups is 1. The number of hydrogen-bond acceptors (Lipinski definition) is 4. The van der Waals surface area contributed by atoms with E-state index >= 15 is 0 Å². The zero-order chi connectivity index (χ0) is 16.2. The van der Waals surface area contributed by atoms with Gasteiger partial charge in [0.25, 0.3) is 0 Å². The molecule has 124 valence electrons. The predicted octanol–water partition coefficient (Wildman–Crippen LogP) is 2.12. The summed E-state index contributed by atoms with van der Waals surface area (Å²) in [5.41, 5.74) is 0.833. The number of nitrogens with zero attached hydrogens (tertiary/aromatic N) is 2. The van der Waals surface area contributed by atoms with Crippen molar-refractivity contribution in [1.82, 2.24) is 4.90 Å². The predicted molar refractivity (Wildman–Crippen MR) is 86.8 cm³/mol. The Bertz CT molecular complexity index is 451. The number of anilines is 1. The van der Waals surface area contributed by atoms with Gasteiger partial charge in [-0.25, -0.2) is 4.39 Å². The maximum atomic E-state index is 12.9. The minimum absolute atomic E-state index is 0.204. The summed E-state index contributed by atoms with van der Waals surface area (Å²) >= 11 is 0. The molecule has 1 heterocycles. The summed E-state index contributed by atoms with van der Waals surface area (Å²) in [5.74, 6) is -0.204. The van der Waals surface area contributed by atoms with E-state index in [1.165, 1.54) is 12.1 Å². The number of benzene rings is 1. The third-order valence-corrected chi connectivity index (χ3v) is 3.74. The fourth-order valence-electron chi connectivity index (χ4n) is 2.54. The molecule has 0 amide bonds. The summed E-state index contributed by atoms with van der Waals surface area (Å²) in [7, 11) is 0. The lowest BCUT2D eigenvalue weighted by molar-refractivity contribution is -0.0563. The van der Waals surface area contributed by atoms with Gasteiger partial charge in [-0.1, -0.05) is 0 Å². The lowest BCUT2D eigenvalue weighted by Gasteiger charge is -2.37. The molecule has 0 bridgehead atoms. The van der Waals surface area contributed by atoms with Crippen molar-refractivity contribution in [3.63, 3.8) is 0 Å². The monoisotopic (exact) mass is 310 g/mol. The second-order valence-electron chi connectivity index (χ2n) is 6.84. The second-order valence-corrected chi connectivity index (χ2v) is 6.84. The Morgan fingerprint density at radius 1 is 1.14 bits per heavy atom. The van der Waals surface area contributed by atoms with E-state index in [1.807, 2.05) is 32.9 Å². The van der Waals surface area contributed by atoms with Crippen LogP contribution in [0.1, 0.15) is 20.8 Å². The number of aliphatic hydroxyl groups excluding tert-OH is 1. The Labute approximate surface area is 132 Å². The van der Waals surface area contributed by atoms with Gasteiger partial charge >= 0.3 is 0 Å². The molecule has 5 heteroatoms. The molecule has 0 saturated carbocycles. The van der Waals surface area contributed by atoms with E-state index in [4.69, 9.17) is 4.74 Å². The Balaban J connectivity index is 1.74. The van der Waals surface area contributed by atoms with Crippen LogP contribution in [-0.4, -0.2) is 61.0 Å². The van der Waals surface area contributed by atoms with Crippen LogP contribution in [0.2, 0.25) is 0 Å². The fraction of sp³-hybridized carbons (Fsp3) is 0.647. The molecule has 1 fully saturated rings. The number of ether oxygens (including phenoxy) is 1. The summed E-state index contributed by atoms with van der Waals surface area (Å²) in [6.07, 6.45) is -0.461. The van der Waals surface area contributed by atoms with Crippen LogP contribution in [0.15, 0.2) is 24.3 Å². The zero-order valence-corrected chi connectivity index (χ0v) is 13.8. The van der Waals surface area contributed by atoms with Crippen LogP contribution < -0.4 is 4.90 Å². The molecular formula is C17H27FN2O2. The molecule has 0 aliphatic carbocycles. The third kappa shape index (κ3) is 5.55. The van der Waals surface area contributed by atoms with Crippen LogP contribution in [-0.2, 0) is 4.74 Å². The average Bonchev–Trinajstić information content (AvgIpc) is 2.46. The van der Waals surface area contributed by atoms with Gasteiger partial charge < -0.3 is 14.7 Å². The number of halogens is 1. The lowest BCUT2D eigenvalue weighted by atomic mass is 10.2. The molecule has 2 rings (SSSR count). The minimum Gasteiger partial charge on any atom is -0.389 e. The molecule has 1 aromatic rings. The summed E-state index contributed by atoms with van der Waals surface area (Å²) in [6.45, 7) is 10.5. The summed E-state index contributed by atoms with van der Waals surface area (Å²) < 4.78 is 18.6. The van der Waals surface area contributed by atoms with Gasteiger partial charge in [0, 0.05) is 38.4 Å². The number of rotatable bonds is 5. The SMILES string of the molecule is CC(C)(C)OC[C@H](O)CN1CCN(c2ccc(F)cc2)CC1. The van der Waals surface area contributed by atoms with Crippen LogP contribution in [0.25, 0.3) is 0 Å². The zero-order valence-electron chi connectivity index (χ0n) is 13.8. The van der Waals surface area contributed by atoms with Crippen molar-refractivity contribution in [3.8, 4) is 0 Å². The van der Waals surface area contributed by atoms with Crippen molar-refractivity contribution in [2.75, 3.05) is 44.2 Å². The van der Waals surface area contributed by atoms with Crippen molar-refractivity contribution >= 4 is 5.69 Å². The van der Waals surface area contributed by atoms with E-state index in [2.05, 4.69) is 9.80 Å². The quantitative estimate of drug-likeness (QED) is 0.904. The second kappa shape index (κ2) is 7.40. The van der Waals surface area contributed by atoms with Crippen molar-refractivity contribution < 1.29 is 14.2 Å². The van der Waals surface area contributed by atoms with Crippen molar-refractivity contribution in [3.05, 3.63) is 30.1 Å². The Kier molecular flexibility index (Phi) is 5.78. The summed E-state index contributed by atoms with van der Waals surface area (Å²) in [4.78, 5) is 4.49. The van der Waals surface area contributed by atoms with E-state index in [0.29, 0.717) is 13.2 Å².